The lowest BCUT2D eigenvalue weighted by atomic mass is 9.65. The van der Waals surface area contributed by atoms with Crippen molar-refractivity contribution in [3.63, 3.8) is 0 Å². The van der Waals surface area contributed by atoms with Gasteiger partial charge in [0.2, 0.25) is 0 Å². The molecule has 0 aliphatic heterocycles. The highest BCUT2D eigenvalue weighted by Crippen LogP contribution is 2.43. The van der Waals surface area contributed by atoms with Gasteiger partial charge in [-0.2, -0.15) is 0 Å². The summed E-state index contributed by atoms with van der Waals surface area (Å²) in [6.07, 6.45) is 2.96. The third kappa shape index (κ3) is 1.47. The zero-order valence-electron chi connectivity index (χ0n) is 8.13. The first-order valence-electron chi connectivity index (χ1n) is 4.70. The van der Waals surface area contributed by atoms with Crippen molar-refractivity contribution in [2.24, 2.45) is 17.3 Å². The lowest BCUT2D eigenvalue weighted by Crippen LogP contribution is -2.38. The molecule has 0 heterocycles. The predicted molar refractivity (Wildman–Crippen MR) is 47.9 cm³/mol. The monoisotopic (exact) mass is 170 g/mol. The molecule has 12 heavy (non-hydrogen) atoms. The maximum Gasteiger partial charge on any atom is 0.309 e. The molecule has 1 aliphatic rings. The molecule has 0 amide bonds. The summed E-state index contributed by atoms with van der Waals surface area (Å²) in [4.78, 5) is 11.0. The van der Waals surface area contributed by atoms with Gasteiger partial charge in [0.15, 0.2) is 0 Å². The van der Waals surface area contributed by atoms with Crippen molar-refractivity contribution in [2.75, 3.05) is 0 Å². The van der Waals surface area contributed by atoms with Gasteiger partial charge in [0.1, 0.15) is 0 Å². The molecule has 2 heteroatoms. The average Bonchev–Trinajstić information content (AvgIpc) is 1.97. The van der Waals surface area contributed by atoms with Gasteiger partial charge in [0, 0.05) is 0 Å². The van der Waals surface area contributed by atoms with Gasteiger partial charge in [-0.15, -0.1) is 0 Å². The largest absolute Gasteiger partial charge is 0.481 e. The van der Waals surface area contributed by atoms with E-state index >= 15 is 0 Å². The summed E-state index contributed by atoms with van der Waals surface area (Å²) in [5.41, 5.74) is -0.466. The molecular formula is C10H18O2. The van der Waals surface area contributed by atoms with E-state index < -0.39 is 11.4 Å². The third-order valence-electron chi connectivity index (χ3n) is 3.49. The Kier molecular flexibility index (Phi) is 2.45. The van der Waals surface area contributed by atoms with Crippen molar-refractivity contribution in [1.82, 2.24) is 0 Å². The zero-order chi connectivity index (χ0) is 9.35. The van der Waals surface area contributed by atoms with Gasteiger partial charge >= 0.3 is 5.97 Å². The number of hydrogen-bond acceptors (Lipinski definition) is 1. The summed E-state index contributed by atoms with van der Waals surface area (Å²) >= 11 is 0. The lowest BCUT2D eigenvalue weighted by Gasteiger charge is -2.38. The minimum Gasteiger partial charge on any atom is -0.481 e. The summed E-state index contributed by atoms with van der Waals surface area (Å²) in [7, 11) is 0. The first-order valence-corrected chi connectivity index (χ1v) is 4.70. The molecular weight excluding hydrogens is 152 g/mol. The van der Waals surface area contributed by atoms with Crippen LogP contribution in [0, 0.1) is 17.3 Å². The Morgan fingerprint density at radius 3 is 2.50 bits per heavy atom. The van der Waals surface area contributed by atoms with Crippen LogP contribution in [0.5, 0.6) is 0 Å². The Labute approximate surface area is 74.0 Å². The number of aliphatic carboxylic acids is 1. The quantitative estimate of drug-likeness (QED) is 0.656. The summed E-state index contributed by atoms with van der Waals surface area (Å²) < 4.78 is 0. The van der Waals surface area contributed by atoms with E-state index in [0.717, 1.165) is 19.3 Å². The van der Waals surface area contributed by atoms with Crippen molar-refractivity contribution >= 4 is 5.97 Å². The predicted octanol–water partition coefficient (Wildman–Crippen LogP) is 2.53. The maximum absolute atomic E-state index is 11.0. The topological polar surface area (TPSA) is 37.3 Å². The molecule has 1 rings (SSSR count). The number of carbonyl (C=O) groups is 1. The van der Waals surface area contributed by atoms with Crippen LogP contribution in [0.15, 0.2) is 0 Å². The minimum atomic E-state index is -0.623. The van der Waals surface area contributed by atoms with Gasteiger partial charge < -0.3 is 5.11 Å². The zero-order valence-corrected chi connectivity index (χ0v) is 8.13. The minimum absolute atomic E-state index is 0.318. The van der Waals surface area contributed by atoms with Crippen LogP contribution in [-0.2, 0) is 4.79 Å². The van der Waals surface area contributed by atoms with Crippen LogP contribution in [0.25, 0.3) is 0 Å². The van der Waals surface area contributed by atoms with E-state index in [1.807, 2.05) is 6.92 Å². The first-order chi connectivity index (χ1) is 5.47. The van der Waals surface area contributed by atoms with Crippen molar-refractivity contribution in [3.8, 4) is 0 Å². The lowest BCUT2D eigenvalue weighted by molar-refractivity contribution is -0.153. The van der Waals surface area contributed by atoms with E-state index in [1.54, 1.807) is 0 Å². The van der Waals surface area contributed by atoms with Gasteiger partial charge in [0.25, 0.3) is 0 Å². The van der Waals surface area contributed by atoms with E-state index in [0.29, 0.717) is 11.8 Å². The molecule has 0 radical (unpaired) electrons. The molecule has 0 saturated heterocycles. The molecule has 0 unspecified atom stereocenters. The number of hydrogen-bond donors (Lipinski definition) is 1. The molecule has 1 N–H and O–H groups in total. The Hall–Kier alpha value is -0.530. The Morgan fingerprint density at radius 1 is 1.50 bits per heavy atom. The van der Waals surface area contributed by atoms with E-state index in [9.17, 15) is 4.79 Å². The summed E-state index contributed by atoms with van der Waals surface area (Å²) in [5, 5.41) is 9.05. The van der Waals surface area contributed by atoms with Crippen LogP contribution in [0.1, 0.15) is 40.0 Å². The third-order valence-corrected chi connectivity index (χ3v) is 3.49. The maximum atomic E-state index is 11.0. The molecule has 0 spiro atoms. The number of carboxylic acids is 1. The Balaban J connectivity index is 2.72. The number of rotatable bonds is 1. The first kappa shape index (κ1) is 9.56. The molecule has 1 fully saturated rings. The molecule has 0 aromatic rings. The van der Waals surface area contributed by atoms with Gasteiger partial charge in [-0.3, -0.25) is 4.79 Å². The van der Waals surface area contributed by atoms with E-state index in [4.69, 9.17) is 5.11 Å². The fourth-order valence-electron chi connectivity index (χ4n) is 2.09. The average molecular weight is 170 g/mol. The Morgan fingerprint density at radius 2 is 2.08 bits per heavy atom. The van der Waals surface area contributed by atoms with Crippen molar-refractivity contribution in [1.29, 1.82) is 0 Å². The molecule has 0 aromatic heterocycles. The molecule has 3 atom stereocenters. The van der Waals surface area contributed by atoms with E-state index in [1.165, 1.54) is 0 Å². The standard InChI is InChI=1S/C10H18O2/c1-7-4-5-10(3,9(11)12)8(2)6-7/h7-8H,4-6H2,1-3H3,(H,11,12)/t7-,8-,10-/m1/s1. The molecule has 1 saturated carbocycles. The van der Waals surface area contributed by atoms with Crippen LogP contribution < -0.4 is 0 Å². The molecule has 0 aromatic carbocycles. The highest BCUT2D eigenvalue weighted by molar-refractivity contribution is 5.74. The number of carboxylic acid groups (broad SMARTS) is 1. The second-order valence-corrected chi connectivity index (χ2v) is 4.50. The van der Waals surface area contributed by atoms with Gasteiger partial charge in [-0.1, -0.05) is 13.8 Å². The molecule has 1 aliphatic carbocycles. The van der Waals surface area contributed by atoms with Crippen molar-refractivity contribution in [3.05, 3.63) is 0 Å². The van der Waals surface area contributed by atoms with E-state index in [2.05, 4.69) is 13.8 Å². The van der Waals surface area contributed by atoms with Crippen LogP contribution in [0.3, 0.4) is 0 Å². The second-order valence-electron chi connectivity index (χ2n) is 4.50. The fourth-order valence-corrected chi connectivity index (χ4v) is 2.09. The highest BCUT2D eigenvalue weighted by Gasteiger charge is 2.42. The summed E-state index contributed by atoms with van der Waals surface area (Å²) in [6, 6.07) is 0. The summed E-state index contributed by atoms with van der Waals surface area (Å²) in [6.45, 7) is 6.15. The van der Waals surface area contributed by atoms with Crippen LogP contribution in [0.4, 0.5) is 0 Å². The second kappa shape index (κ2) is 3.08. The smallest absolute Gasteiger partial charge is 0.309 e. The van der Waals surface area contributed by atoms with Crippen molar-refractivity contribution < 1.29 is 9.90 Å². The molecule has 70 valence electrons. The Bertz CT molecular complexity index is 188. The molecule has 0 bridgehead atoms. The van der Waals surface area contributed by atoms with Gasteiger partial charge in [-0.25, -0.2) is 0 Å². The van der Waals surface area contributed by atoms with Crippen molar-refractivity contribution in [2.45, 2.75) is 40.0 Å². The van der Waals surface area contributed by atoms with Crippen LogP contribution in [0.2, 0.25) is 0 Å². The highest BCUT2D eigenvalue weighted by atomic mass is 16.4. The van der Waals surface area contributed by atoms with Crippen LogP contribution in [-0.4, -0.2) is 11.1 Å². The normalized spacial score (nSPS) is 42.6. The fraction of sp³-hybridized carbons (Fsp3) is 0.900. The molecule has 2 nitrogen and oxygen atoms in total. The van der Waals surface area contributed by atoms with Gasteiger partial charge in [0.05, 0.1) is 5.41 Å². The van der Waals surface area contributed by atoms with Crippen LogP contribution >= 0.6 is 0 Å². The van der Waals surface area contributed by atoms with Gasteiger partial charge in [-0.05, 0) is 38.0 Å². The SMILES string of the molecule is C[C@@H]1CC[C@@](C)(C(=O)O)[C@H](C)C1. The van der Waals surface area contributed by atoms with E-state index in [-0.39, 0.29) is 0 Å². The summed E-state index contributed by atoms with van der Waals surface area (Å²) in [5.74, 6) is 0.396.